The van der Waals surface area contributed by atoms with Crippen molar-refractivity contribution in [1.82, 2.24) is 10.2 Å². The molecule has 3 nitrogen and oxygen atoms in total. The molecule has 92 valence electrons. The van der Waals surface area contributed by atoms with Crippen molar-refractivity contribution in [3.05, 3.63) is 24.2 Å². The van der Waals surface area contributed by atoms with E-state index in [0.717, 1.165) is 19.6 Å². The molecule has 0 saturated carbocycles. The summed E-state index contributed by atoms with van der Waals surface area (Å²) in [6.07, 6.45) is 3.55. The third kappa shape index (κ3) is 3.99. The standard InChI is InChI=1S/C13H24N2O/c1-5-14-8-11(2)12(3)15(4)9-13-6-7-16-10-13/h6-7,10-12,14H,5,8-9H2,1-4H3. The van der Waals surface area contributed by atoms with Gasteiger partial charge < -0.3 is 9.73 Å². The Bertz CT molecular complexity index is 271. The Labute approximate surface area is 98.8 Å². The summed E-state index contributed by atoms with van der Waals surface area (Å²) in [6, 6.07) is 2.59. The van der Waals surface area contributed by atoms with Crippen molar-refractivity contribution in [2.45, 2.75) is 33.4 Å². The van der Waals surface area contributed by atoms with Crippen molar-refractivity contribution < 1.29 is 4.42 Å². The van der Waals surface area contributed by atoms with Crippen LogP contribution in [0.25, 0.3) is 0 Å². The number of nitrogens with zero attached hydrogens (tertiary/aromatic N) is 1. The molecule has 1 aromatic rings. The zero-order valence-corrected chi connectivity index (χ0v) is 10.9. The molecule has 1 rings (SSSR count). The van der Waals surface area contributed by atoms with Gasteiger partial charge >= 0.3 is 0 Å². The second-order valence-electron chi connectivity index (χ2n) is 4.57. The summed E-state index contributed by atoms with van der Waals surface area (Å²) < 4.78 is 5.08. The van der Waals surface area contributed by atoms with Crippen molar-refractivity contribution in [2.75, 3.05) is 20.1 Å². The third-order valence-electron chi connectivity index (χ3n) is 3.25. The molecule has 0 aromatic carbocycles. The molecule has 2 unspecified atom stereocenters. The summed E-state index contributed by atoms with van der Waals surface area (Å²) in [5.41, 5.74) is 1.24. The number of nitrogens with one attached hydrogen (secondary N) is 1. The zero-order chi connectivity index (χ0) is 12.0. The monoisotopic (exact) mass is 224 g/mol. The number of rotatable bonds is 7. The molecule has 0 amide bonds. The topological polar surface area (TPSA) is 28.4 Å². The van der Waals surface area contributed by atoms with E-state index in [0.29, 0.717) is 12.0 Å². The Morgan fingerprint density at radius 3 is 2.75 bits per heavy atom. The first-order valence-corrected chi connectivity index (χ1v) is 6.07. The molecule has 1 N–H and O–H groups in total. The Morgan fingerprint density at radius 1 is 1.44 bits per heavy atom. The van der Waals surface area contributed by atoms with E-state index < -0.39 is 0 Å². The lowest BCUT2D eigenvalue weighted by Gasteiger charge is -2.29. The van der Waals surface area contributed by atoms with Gasteiger partial charge in [-0.05, 0) is 39.0 Å². The van der Waals surface area contributed by atoms with Crippen LogP contribution in [0.1, 0.15) is 26.3 Å². The second kappa shape index (κ2) is 6.71. The maximum Gasteiger partial charge on any atom is 0.0947 e. The number of hydrogen-bond acceptors (Lipinski definition) is 3. The Kier molecular flexibility index (Phi) is 5.56. The molecular weight excluding hydrogens is 200 g/mol. The molecule has 0 fully saturated rings. The van der Waals surface area contributed by atoms with Crippen LogP contribution in [0.2, 0.25) is 0 Å². The molecule has 0 aliphatic heterocycles. The first-order valence-electron chi connectivity index (χ1n) is 6.07. The Hall–Kier alpha value is -0.800. The highest BCUT2D eigenvalue weighted by atomic mass is 16.3. The van der Waals surface area contributed by atoms with Crippen molar-refractivity contribution in [3.8, 4) is 0 Å². The predicted octanol–water partition coefficient (Wildman–Crippen LogP) is 2.35. The largest absolute Gasteiger partial charge is 0.472 e. The molecule has 0 aliphatic rings. The molecule has 0 saturated heterocycles. The molecule has 1 heterocycles. The summed E-state index contributed by atoms with van der Waals surface area (Å²) in [5.74, 6) is 0.650. The van der Waals surface area contributed by atoms with Gasteiger partial charge in [-0.25, -0.2) is 0 Å². The van der Waals surface area contributed by atoms with E-state index in [4.69, 9.17) is 4.42 Å². The highest BCUT2D eigenvalue weighted by molar-refractivity contribution is 5.04. The van der Waals surface area contributed by atoms with E-state index in [9.17, 15) is 0 Å². The second-order valence-corrected chi connectivity index (χ2v) is 4.57. The van der Waals surface area contributed by atoms with Gasteiger partial charge in [-0.2, -0.15) is 0 Å². The Morgan fingerprint density at radius 2 is 2.19 bits per heavy atom. The minimum Gasteiger partial charge on any atom is -0.472 e. The lowest BCUT2D eigenvalue weighted by atomic mass is 10.0. The quantitative estimate of drug-likeness (QED) is 0.770. The van der Waals surface area contributed by atoms with Crippen molar-refractivity contribution in [2.24, 2.45) is 5.92 Å². The van der Waals surface area contributed by atoms with Crippen LogP contribution in [0.4, 0.5) is 0 Å². The predicted molar refractivity (Wildman–Crippen MR) is 67.3 cm³/mol. The maximum absolute atomic E-state index is 5.08. The molecule has 0 radical (unpaired) electrons. The van der Waals surface area contributed by atoms with Crippen LogP contribution >= 0.6 is 0 Å². The van der Waals surface area contributed by atoms with E-state index >= 15 is 0 Å². The van der Waals surface area contributed by atoms with E-state index in [1.165, 1.54) is 5.56 Å². The summed E-state index contributed by atoms with van der Waals surface area (Å²) >= 11 is 0. The van der Waals surface area contributed by atoms with Gasteiger partial charge in [0, 0.05) is 18.2 Å². The van der Waals surface area contributed by atoms with Crippen molar-refractivity contribution in [1.29, 1.82) is 0 Å². The van der Waals surface area contributed by atoms with E-state index in [-0.39, 0.29) is 0 Å². The molecule has 3 heteroatoms. The molecular formula is C13H24N2O. The number of hydrogen-bond donors (Lipinski definition) is 1. The third-order valence-corrected chi connectivity index (χ3v) is 3.25. The lowest BCUT2D eigenvalue weighted by Crippen LogP contribution is -2.38. The molecule has 1 aromatic heterocycles. The van der Waals surface area contributed by atoms with Gasteiger partial charge in [0.2, 0.25) is 0 Å². The summed E-state index contributed by atoms with van der Waals surface area (Å²) in [6.45, 7) is 9.79. The SMILES string of the molecule is CCNCC(C)C(C)N(C)Cc1ccoc1. The normalized spacial score (nSPS) is 15.3. The average molecular weight is 224 g/mol. The highest BCUT2D eigenvalue weighted by Gasteiger charge is 2.16. The summed E-state index contributed by atoms with van der Waals surface area (Å²) in [5, 5.41) is 3.40. The first kappa shape index (κ1) is 13.3. The summed E-state index contributed by atoms with van der Waals surface area (Å²) in [7, 11) is 2.17. The van der Waals surface area contributed by atoms with Crippen LogP contribution in [0.15, 0.2) is 23.0 Å². The van der Waals surface area contributed by atoms with Crippen LogP contribution in [0.3, 0.4) is 0 Å². The fraction of sp³-hybridized carbons (Fsp3) is 0.692. The van der Waals surface area contributed by atoms with Gasteiger partial charge in [-0.15, -0.1) is 0 Å². The van der Waals surface area contributed by atoms with E-state index in [1.807, 2.05) is 12.3 Å². The van der Waals surface area contributed by atoms with Crippen LogP contribution in [0, 0.1) is 5.92 Å². The lowest BCUT2D eigenvalue weighted by molar-refractivity contribution is 0.189. The van der Waals surface area contributed by atoms with Gasteiger partial charge in [0.15, 0.2) is 0 Å². The van der Waals surface area contributed by atoms with Gasteiger partial charge in [-0.3, -0.25) is 4.90 Å². The minimum absolute atomic E-state index is 0.564. The van der Waals surface area contributed by atoms with E-state index in [2.05, 4.69) is 38.0 Å². The van der Waals surface area contributed by atoms with Crippen LogP contribution in [-0.4, -0.2) is 31.1 Å². The van der Waals surface area contributed by atoms with Gasteiger partial charge in [0.1, 0.15) is 0 Å². The van der Waals surface area contributed by atoms with Crippen molar-refractivity contribution in [3.63, 3.8) is 0 Å². The first-order chi connectivity index (χ1) is 7.65. The smallest absolute Gasteiger partial charge is 0.0947 e. The molecule has 0 aliphatic carbocycles. The van der Waals surface area contributed by atoms with Crippen LogP contribution in [-0.2, 0) is 6.54 Å². The molecule has 0 spiro atoms. The van der Waals surface area contributed by atoms with Crippen LogP contribution < -0.4 is 5.32 Å². The van der Waals surface area contributed by atoms with Crippen molar-refractivity contribution >= 4 is 0 Å². The fourth-order valence-electron chi connectivity index (χ4n) is 1.79. The highest BCUT2D eigenvalue weighted by Crippen LogP contribution is 2.12. The molecule has 0 bridgehead atoms. The average Bonchev–Trinajstić information content (AvgIpc) is 2.77. The van der Waals surface area contributed by atoms with Gasteiger partial charge in [-0.1, -0.05) is 13.8 Å². The van der Waals surface area contributed by atoms with E-state index in [1.54, 1.807) is 6.26 Å². The number of furan rings is 1. The van der Waals surface area contributed by atoms with Gasteiger partial charge in [0.05, 0.1) is 12.5 Å². The van der Waals surface area contributed by atoms with Gasteiger partial charge in [0.25, 0.3) is 0 Å². The minimum atomic E-state index is 0.564. The Balaban J connectivity index is 2.37. The molecule has 16 heavy (non-hydrogen) atoms. The summed E-state index contributed by atoms with van der Waals surface area (Å²) in [4.78, 5) is 2.37. The maximum atomic E-state index is 5.08. The fourth-order valence-corrected chi connectivity index (χ4v) is 1.79. The molecule has 2 atom stereocenters. The van der Waals surface area contributed by atoms with Crippen LogP contribution in [0.5, 0.6) is 0 Å². The zero-order valence-electron chi connectivity index (χ0n) is 10.9.